The van der Waals surface area contributed by atoms with Crippen LogP contribution in [0, 0.1) is 0 Å². The monoisotopic (exact) mass is 423 g/mol. The number of benzene rings is 1. The average Bonchev–Trinajstić information content (AvgIpc) is 3.38. The van der Waals surface area contributed by atoms with Crippen molar-refractivity contribution in [1.82, 2.24) is 29.6 Å². The van der Waals surface area contributed by atoms with Crippen LogP contribution >= 0.6 is 0 Å². The Morgan fingerprint density at radius 1 is 1.16 bits per heavy atom. The van der Waals surface area contributed by atoms with E-state index in [0.717, 1.165) is 16.6 Å². The zero-order valence-corrected chi connectivity index (χ0v) is 16.4. The molecule has 0 saturated carbocycles. The summed E-state index contributed by atoms with van der Waals surface area (Å²) in [6.45, 7) is -0.218. The third-order valence-corrected chi connectivity index (χ3v) is 5.38. The number of piperidine rings is 1. The molecule has 0 radical (unpaired) electrons. The number of halogens is 2. The molecule has 0 unspecified atom stereocenters. The highest BCUT2D eigenvalue weighted by Gasteiger charge is 2.37. The maximum Gasteiger partial charge on any atom is 0.265 e. The van der Waals surface area contributed by atoms with E-state index in [1.165, 1.54) is 11.1 Å². The van der Waals surface area contributed by atoms with Gasteiger partial charge in [-0.25, -0.2) is 13.8 Å². The third kappa shape index (κ3) is 3.60. The van der Waals surface area contributed by atoms with Gasteiger partial charge in [0.05, 0.1) is 12.1 Å². The Bertz CT molecular complexity index is 1260. The average molecular weight is 423 g/mol. The second-order valence-corrected chi connectivity index (χ2v) is 7.61. The van der Waals surface area contributed by atoms with Gasteiger partial charge < -0.3 is 20.2 Å². The molecule has 10 heteroatoms. The number of amides is 1. The number of nitrogens with zero attached hydrogens (tertiary/aromatic N) is 5. The minimum atomic E-state index is -2.83. The SMILES string of the molecule is Nc1nnc(-c2ccc(-n3ccc4cc(C(=O)N5CCCC(F)(F)C5)cnc43)cc2)[nH]1. The van der Waals surface area contributed by atoms with E-state index in [1.807, 2.05) is 41.1 Å². The fourth-order valence-electron chi connectivity index (χ4n) is 3.86. The maximum atomic E-state index is 13.7. The Morgan fingerprint density at radius 2 is 1.97 bits per heavy atom. The molecule has 4 aromatic rings. The first-order valence-corrected chi connectivity index (χ1v) is 9.83. The molecule has 31 heavy (non-hydrogen) atoms. The van der Waals surface area contributed by atoms with Gasteiger partial charge in [0.25, 0.3) is 11.8 Å². The van der Waals surface area contributed by atoms with Crippen LogP contribution in [0.25, 0.3) is 28.1 Å². The summed E-state index contributed by atoms with van der Waals surface area (Å²) in [6, 6.07) is 11.1. The van der Waals surface area contributed by atoms with Gasteiger partial charge in [-0.05, 0) is 42.8 Å². The molecule has 158 valence electrons. The zero-order valence-electron chi connectivity index (χ0n) is 16.4. The molecule has 1 aromatic carbocycles. The number of pyridine rings is 1. The van der Waals surface area contributed by atoms with Gasteiger partial charge >= 0.3 is 0 Å². The lowest BCUT2D eigenvalue weighted by molar-refractivity contribution is -0.0560. The van der Waals surface area contributed by atoms with Crippen molar-refractivity contribution < 1.29 is 13.6 Å². The highest BCUT2D eigenvalue weighted by Crippen LogP contribution is 2.28. The van der Waals surface area contributed by atoms with Crippen molar-refractivity contribution in [2.75, 3.05) is 18.8 Å². The van der Waals surface area contributed by atoms with Crippen LogP contribution in [-0.2, 0) is 0 Å². The number of nitrogen functional groups attached to an aromatic ring is 1. The largest absolute Gasteiger partial charge is 0.368 e. The summed E-state index contributed by atoms with van der Waals surface area (Å²) in [6.07, 6.45) is 3.41. The molecular formula is C21H19F2N7O. The number of nitrogens with one attached hydrogen (secondary N) is 1. The molecule has 4 heterocycles. The van der Waals surface area contributed by atoms with Gasteiger partial charge in [-0.2, -0.15) is 0 Å². The van der Waals surface area contributed by atoms with E-state index >= 15 is 0 Å². The molecule has 1 amide bonds. The van der Waals surface area contributed by atoms with E-state index in [9.17, 15) is 13.6 Å². The molecule has 0 atom stereocenters. The number of likely N-dealkylation sites (tertiary alicyclic amines) is 1. The maximum absolute atomic E-state index is 13.7. The van der Waals surface area contributed by atoms with Crippen LogP contribution < -0.4 is 5.73 Å². The van der Waals surface area contributed by atoms with Crippen molar-refractivity contribution in [2.45, 2.75) is 18.8 Å². The Hall–Kier alpha value is -3.82. The highest BCUT2D eigenvalue weighted by molar-refractivity contribution is 5.97. The van der Waals surface area contributed by atoms with E-state index in [4.69, 9.17) is 5.73 Å². The zero-order chi connectivity index (χ0) is 21.6. The Morgan fingerprint density at radius 3 is 2.68 bits per heavy atom. The van der Waals surface area contributed by atoms with E-state index in [-0.39, 0.29) is 12.4 Å². The number of carbonyl (C=O) groups excluding carboxylic acids is 1. The molecule has 1 aliphatic rings. The smallest absolute Gasteiger partial charge is 0.265 e. The van der Waals surface area contributed by atoms with Gasteiger partial charge in [-0.1, -0.05) is 0 Å². The number of H-pyrrole nitrogens is 1. The lowest BCUT2D eigenvalue weighted by Gasteiger charge is -2.32. The predicted molar refractivity (Wildman–Crippen MR) is 111 cm³/mol. The van der Waals surface area contributed by atoms with Crippen molar-refractivity contribution >= 4 is 22.9 Å². The van der Waals surface area contributed by atoms with Crippen molar-refractivity contribution in [3.8, 4) is 17.1 Å². The number of hydrogen-bond acceptors (Lipinski definition) is 5. The molecular weight excluding hydrogens is 404 g/mol. The van der Waals surface area contributed by atoms with Gasteiger partial charge in [0.1, 0.15) is 5.65 Å². The third-order valence-electron chi connectivity index (χ3n) is 5.38. The molecule has 5 rings (SSSR count). The van der Waals surface area contributed by atoms with Crippen LogP contribution in [0.4, 0.5) is 14.7 Å². The fourth-order valence-corrected chi connectivity index (χ4v) is 3.86. The summed E-state index contributed by atoms with van der Waals surface area (Å²) < 4.78 is 29.3. The molecule has 8 nitrogen and oxygen atoms in total. The van der Waals surface area contributed by atoms with E-state index < -0.39 is 18.4 Å². The second-order valence-electron chi connectivity index (χ2n) is 7.61. The summed E-state index contributed by atoms with van der Waals surface area (Å²) in [7, 11) is 0. The number of fused-ring (bicyclic) bond motifs is 1. The van der Waals surface area contributed by atoms with E-state index in [0.29, 0.717) is 30.0 Å². The number of nitrogens with two attached hydrogens (primary N) is 1. The van der Waals surface area contributed by atoms with Crippen molar-refractivity contribution in [3.05, 3.63) is 54.4 Å². The normalized spacial score (nSPS) is 16.0. The first-order chi connectivity index (χ1) is 14.9. The van der Waals surface area contributed by atoms with Crippen LogP contribution in [-0.4, -0.2) is 54.6 Å². The number of anilines is 1. The van der Waals surface area contributed by atoms with Crippen LogP contribution in [0.15, 0.2) is 48.8 Å². The number of aromatic nitrogens is 5. The lowest BCUT2D eigenvalue weighted by Crippen LogP contribution is -2.45. The Labute approximate surface area is 175 Å². The van der Waals surface area contributed by atoms with E-state index in [2.05, 4.69) is 20.2 Å². The number of rotatable bonds is 3. The van der Waals surface area contributed by atoms with Gasteiger partial charge in [0.15, 0.2) is 5.82 Å². The molecule has 3 aromatic heterocycles. The minimum absolute atomic E-state index is 0.181. The first-order valence-electron chi connectivity index (χ1n) is 9.83. The van der Waals surface area contributed by atoms with Gasteiger partial charge in [0.2, 0.25) is 5.95 Å². The summed E-state index contributed by atoms with van der Waals surface area (Å²) in [5, 5.41) is 8.48. The topological polar surface area (TPSA) is 106 Å². The molecule has 0 aliphatic carbocycles. The summed E-state index contributed by atoms with van der Waals surface area (Å²) in [5.74, 6) is -2.43. The van der Waals surface area contributed by atoms with Crippen molar-refractivity contribution in [3.63, 3.8) is 0 Å². The summed E-state index contributed by atoms with van der Waals surface area (Å²) in [5.41, 5.74) is 8.25. The summed E-state index contributed by atoms with van der Waals surface area (Å²) in [4.78, 5) is 21.2. The molecule has 1 saturated heterocycles. The second kappa shape index (κ2) is 7.15. The lowest BCUT2D eigenvalue weighted by atomic mass is 10.1. The van der Waals surface area contributed by atoms with Crippen molar-refractivity contribution in [1.29, 1.82) is 0 Å². The van der Waals surface area contributed by atoms with Crippen LogP contribution in [0.5, 0.6) is 0 Å². The fraction of sp³-hybridized carbons (Fsp3) is 0.238. The molecule has 1 fully saturated rings. The van der Waals surface area contributed by atoms with Gasteiger partial charge in [0, 0.05) is 42.0 Å². The highest BCUT2D eigenvalue weighted by atomic mass is 19.3. The van der Waals surface area contributed by atoms with Gasteiger partial charge in [-0.3, -0.25) is 4.79 Å². The molecule has 3 N–H and O–H groups in total. The number of carbonyl (C=O) groups is 1. The first kappa shape index (κ1) is 19.2. The number of aromatic amines is 1. The van der Waals surface area contributed by atoms with Crippen LogP contribution in [0.3, 0.4) is 0 Å². The number of hydrogen-bond donors (Lipinski definition) is 2. The standard InChI is InChI=1S/C21H19F2N7O/c22-21(23)7-1-8-29(12-21)19(31)15-10-14-6-9-30(18(14)25-11-15)16-4-2-13(3-5-16)17-26-20(24)28-27-17/h2-6,9-11H,1,7-8,12H2,(H3,24,26,27,28). The van der Waals surface area contributed by atoms with Crippen molar-refractivity contribution in [2.24, 2.45) is 0 Å². The number of alkyl halides is 2. The van der Waals surface area contributed by atoms with Crippen LogP contribution in [0.1, 0.15) is 23.2 Å². The Balaban J connectivity index is 1.41. The minimum Gasteiger partial charge on any atom is -0.368 e. The van der Waals surface area contributed by atoms with Gasteiger partial charge in [-0.15, -0.1) is 10.2 Å². The molecule has 0 bridgehead atoms. The molecule has 0 spiro atoms. The van der Waals surface area contributed by atoms with E-state index in [1.54, 1.807) is 6.07 Å². The quantitative estimate of drug-likeness (QED) is 0.526. The summed E-state index contributed by atoms with van der Waals surface area (Å²) >= 11 is 0. The molecule has 1 aliphatic heterocycles. The Kier molecular flexibility index (Phi) is 4.42. The predicted octanol–water partition coefficient (Wildman–Crippen LogP) is 3.26. The van der Waals surface area contributed by atoms with Crippen LogP contribution in [0.2, 0.25) is 0 Å².